The minimum absolute atomic E-state index is 0.0470. The third-order valence-electron chi connectivity index (χ3n) is 4.93. The number of piperidine rings is 1. The van der Waals surface area contributed by atoms with Gasteiger partial charge in [-0.05, 0) is 52.1 Å². The van der Waals surface area contributed by atoms with Gasteiger partial charge in [-0.15, -0.1) is 0 Å². The number of Topliss-reactive ketones (excluding diaryl/α,β-unsaturated/α-hetero) is 1. The first-order valence-corrected chi connectivity index (χ1v) is 8.10. The zero-order valence-corrected chi connectivity index (χ0v) is 12.9. The number of likely N-dealkylation sites (tertiary alicyclic amines) is 1. The molecule has 2 fully saturated rings. The van der Waals surface area contributed by atoms with E-state index >= 15 is 0 Å². The van der Waals surface area contributed by atoms with Crippen LogP contribution in [0.3, 0.4) is 0 Å². The molecule has 1 aliphatic carbocycles. The average Bonchev–Trinajstić information content (AvgIpc) is 2.45. The standard InChI is InChI=1S/C16H28N2O2/c1-12(19)15(13-8-4-3-5-9-13)17-16(20)14-10-6-7-11-18(14)2/h13-15H,3-11H2,1-2H3,(H,17,20)/t14-,15+/m0/s1. The van der Waals surface area contributed by atoms with E-state index in [-0.39, 0.29) is 23.8 Å². The number of carbonyl (C=O) groups excluding carboxylic acids is 2. The van der Waals surface area contributed by atoms with Crippen LogP contribution in [0, 0.1) is 5.92 Å². The molecular weight excluding hydrogens is 252 g/mol. The van der Waals surface area contributed by atoms with Crippen LogP contribution >= 0.6 is 0 Å². The number of hydrogen-bond donors (Lipinski definition) is 1. The number of nitrogens with zero attached hydrogens (tertiary/aromatic N) is 1. The lowest BCUT2D eigenvalue weighted by Crippen LogP contribution is -2.54. The number of nitrogens with one attached hydrogen (secondary N) is 1. The smallest absolute Gasteiger partial charge is 0.237 e. The Hall–Kier alpha value is -0.900. The molecule has 1 N–H and O–H groups in total. The summed E-state index contributed by atoms with van der Waals surface area (Å²) in [5.74, 6) is 0.515. The second-order valence-corrected chi connectivity index (χ2v) is 6.49. The minimum Gasteiger partial charge on any atom is -0.345 e. The number of likely N-dealkylation sites (N-methyl/N-ethyl adjacent to an activating group) is 1. The molecule has 1 saturated heterocycles. The zero-order valence-electron chi connectivity index (χ0n) is 12.9. The van der Waals surface area contributed by atoms with Crippen molar-refractivity contribution >= 4 is 11.7 Å². The van der Waals surface area contributed by atoms with Gasteiger partial charge in [0.15, 0.2) is 5.78 Å². The lowest BCUT2D eigenvalue weighted by Gasteiger charge is -2.34. The van der Waals surface area contributed by atoms with Gasteiger partial charge < -0.3 is 5.32 Å². The molecule has 0 spiro atoms. The van der Waals surface area contributed by atoms with E-state index in [0.717, 1.165) is 32.2 Å². The number of ketones is 1. The van der Waals surface area contributed by atoms with Gasteiger partial charge in [0.05, 0.1) is 12.1 Å². The fourth-order valence-electron chi connectivity index (χ4n) is 3.67. The summed E-state index contributed by atoms with van der Waals surface area (Å²) >= 11 is 0. The fraction of sp³-hybridized carbons (Fsp3) is 0.875. The Bertz CT molecular complexity index is 350. The Morgan fingerprint density at radius 2 is 1.70 bits per heavy atom. The Morgan fingerprint density at radius 3 is 2.30 bits per heavy atom. The highest BCUT2D eigenvalue weighted by Crippen LogP contribution is 2.27. The number of carbonyl (C=O) groups is 2. The van der Waals surface area contributed by atoms with Gasteiger partial charge in [-0.3, -0.25) is 14.5 Å². The van der Waals surface area contributed by atoms with Gasteiger partial charge in [-0.1, -0.05) is 25.7 Å². The third-order valence-corrected chi connectivity index (χ3v) is 4.93. The summed E-state index contributed by atoms with van der Waals surface area (Å²) in [6.07, 6.45) is 8.98. The van der Waals surface area contributed by atoms with Crippen LogP contribution in [0.2, 0.25) is 0 Å². The fourth-order valence-corrected chi connectivity index (χ4v) is 3.67. The Labute approximate surface area is 122 Å². The number of amides is 1. The quantitative estimate of drug-likeness (QED) is 0.858. The molecule has 0 unspecified atom stereocenters. The van der Waals surface area contributed by atoms with Crippen LogP contribution in [0.5, 0.6) is 0 Å². The van der Waals surface area contributed by atoms with E-state index in [0.29, 0.717) is 5.92 Å². The first-order chi connectivity index (χ1) is 9.59. The van der Waals surface area contributed by atoms with Crippen molar-refractivity contribution in [1.82, 2.24) is 10.2 Å². The molecule has 1 heterocycles. The highest BCUT2D eigenvalue weighted by atomic mass is 16.2. The molecule has 4 heteroatoms. The van der Waals surface area contributed by atoms with Gasteiger partial charge in [-0.2, -0.15) is 0 Å². The summed E-state index contributed by atoms with van der Waals surface area (Å²) in [7, 11) is 2.01. The normalized spacial score (nSPS) is 27.0. The molecule has 20 heavy (non-hydrogen) atoms. The molecule has 2 atom stereocenters. The molecule has 0 radical (unpaired) electrons. The van der Waals surface area contributed by atoms with Crippen molar-refractivity contribution in [1.29, 1.82) is 0 Å². The maximum absolute atomic E-state index is 12.5. The van der Waals surface area contributed by atoms with Crippen LogP contribution in [-0.4, -0.2) is 42.3 Å². The Balaban J connectivity index is 1.96. The molecule has 2 rings (SSSR count). The summed E-state index contributed by atoms with van der Waals surface area (Å²) in [5.41, 5.74) is 0. The van der Waals surface area contributed by atoms with Crippen molar-refractivity contribution in [2.75, 3.05) is 13.6 Å². The number of hydrogen-bond acceptors (Lipinski definition) is 3. The molecule has 2 aliphatic rings. The highest BCUT2D eigenvalue weighted by Gasteiger charge is 2.32. The molecule has 4 nitrogen and oxygen atoms in total. The topological polar surface area (TPSA) is 49.4 Å². The highest BCUT2D eigenvalue weighted by molar-refractivity contribution is 5.89. The maximum Gasteiger partial charge on any atom is 0.237 e. The van der Waals surface area contributed by atoms with Crippen LogP contribution in [0.1, 0.15) is 58.3 Å². The third kappa shape index (κ3) is 3.81. The van der Waals surface area contributed by atoms with Gasteiger partial charge in [0.25, 0.3) is 0 Å². The summed E-state index contributed by atoms with van der Waals surface area (Å²) in [6, 6.07) is -0.313. The van der Waals surface area contributed by atoms with E-state index in [9.17, 15) is 9.59 Å². The predicted octanol–water partition coefficient (Wildman–Crippen LogP) is 2.12. The van der Waals surface area contributed by atoms with Crippen molar-refractivity contribution in [2.24, 2.45) is 5.92 Å². The van der Waals surface area contributed by atoms with Gasteiger partial charge >= 0.3 is 0 Å². The first-order valence-electron chi connectivity index (χ1n) is 8.10. The SMILES string of the molecule is CC(=O)[C@@H](NC(=O)[C@@H]1CCCCN1C)C1CCCCC1. The van der Waals surface area contributed by atoms with E-state index in [4.69, 9.17) is 0 Å². The molecule has 1 aliphatic heterocycles. The Kier molecular flexibility index (Phi) is 5.58. The molecule has 114 valence electrons. The van der Waals surface area contributed by atoms with Gasteiger partial charge in [-0.25, -0.2) is 0 Å². The van der Waals surface area contributed by atoms with Crippen LogP contribution < -0.4 is 5.32 Å². The number of rotatable bonds is 4. The van der Waals surface area contributed by atoms with Gasteiger partial charge in [0, 0.05) is 0 Å². The molecule has 0 bridgehead atoms. The van der Waals surface area contributed by atoms with Gasteiger partial charge in [0.2, 0.25) is 5.91 Å². The van der Waals surface area contributed by atoms with Crippen molar-refractivity contribution in [3.05, 3.63) is 0 Å². The van der Waals surface area contributed by atoms with Crippen molar-refractivity contribution < 1.29 is 9.59 Å². The maximum atomic E-state index is 12.5. The average molecular weight is 280 g/mol. The van der Waals surface area contributed by atoms with Crippen LogP contribution in [0.4, 0.5) is 0 Å². The molecule has 0 aromatic carbocycles. The summed E-state index contributed by atoms with van der Waals surface area (Å²) < 4.78 is 0. The monoisotopic (exact) mass is 280 g/mol. The van der Waals surface area contributed by atoms with Crippen molar-refractivity contribution in [3.63, 3.8) is 0 Å². The van der Waals surface area contributed by atoms with E-state index in [1.54, 1.807) is 6.92 Å². The van der Waals surface area contributed by atoms with Crippen LogP contribution in [-0.2, 0) is 9.59 Å². The van der Waals surface area contributed by atoms with E-state index in [2.05, 4.69) is 10.2 Å². The Morgan fingerprint density at radius 1 is 1.05 bits per heavy atom. The van der Waals surface area contributed by atoms with Crippen LogP contribution in [0.25, 0.3) is 0 Å². The van der Waals surface area contributed by atoms with Crippen molar-refractivity contribution in [2.45, 2.75) is 70.4 Å². The summed E-state index contributed by atoms with van der Waals surface area (Å²) in [4.78, 5) is 26.5. The van der Waals surface area contributed by atoms with E-state index in [1.807, 2.05) is 7.05 Å². The van der Waals surface area contributed by atoms with E-state index in [1.165, 1.54) is 25.7 Å². The second-order valence-electron chi connectivity index (χ2n) is 6.49. The zero-order chi connectivity index (χ0) is 14.5. The minimum atomic E-state index is -0.266. The largest absolute Gasteiger partial charge is 0.345 e. The van der Waals surface area contributed by atoms with Crippen LogP contribution in [0.15, 0.2) is 0 Å². The van der Waals surface area contributed by atoms with Crippen molar-refractivity contribution in [3.8, 4) is 0 Å². The molecule has 1 amide bonds. The summed E-state index contributed by atoms with van der Waals surface area (Å²) in [6.45, 7) is 2.59. The van der Waals surface area contributed by atoms with Gasteiger partial charge in [0.1, 0.15) is 0 Å². The van der Waals surface area contributed by atoms with E-state index < -0.39 is 0 Å². The molecule has 0 aromatic rings. The summed E-state index contributed by atoms with van der Waals surface area (Å²) in [5, 5.41) is 3.06. The predicted molar refractivity (Wildman–Crippen MR) is 79.5 cm³/mol. The lowest BCUT2D eigenvalue weighted by molar-refractivity contribution is -0.132. The lowest BCUT2D eigenvalue weighted by atomic mass is 9.82. The molecule has 0 aromatic heterocycles. The molecule has 1 saturated carbocycles. The molecular formula is C16H28N2O2. The second kappa shape index (κ2) is 7.21. The first kappa shape index (κ1) is 15.5.